The van der Waals surface area contributed by atoms with Crippen LogP contribution in [0.2, 0.25) is 0 Å². The molecule has 0 spiro atoms. The van der Waals surface area contributed by atoms with Crippen LogP contribution >= 0.6 is 27.5 Å². The van der Waals surface area contributed by atoms with Gasteiger partial charge in [0.15, 0.2) is 5.38 Å². The van der Waals surface area contributed by atoms with Crippen molar-refractivity contribution in [2.45, 2.75) is 12.3 Å². The van der Waals surface area contributed by atoms with Crippen LogP contribution in [0.15, 0.2) is 34.9 Å². The topological polar surface area (TPSA) is 39.2 Å². The highest BCUT2D eigenvalue weighted by Crippen LogP contribution is 2.32. The number of esters is 1. The molecular weight excluding hydrogens is 318 g/mol. The predicted octanol–water partition coefficient (Wildman–Crippen LogP) is 3.84. The number of hydrogen-bond donors (Lipinski definition) is 0. The Kier molecular flexibility index (Phi) is 4.19. The minimum atomic E-state index is -0.838. The number of alkyl halides is 1. The number of fused-ring (bicyclic) bond motifs is 1. The van der Waals surface area contributed by atoms with E-state index >= 15 is 0 Å². The number of nitrogens with zero attached hydrogens (tertiary/aromatic N) is 1. The van der Waals surface area contributed by atoms with Crippen molar-refractivity contribution in [3.63, 3.8) is 0 Å². The molecule has 1 atom stereocenters. The molecule has 94 valence electrons. The third-order valence-corrected chi connectivity index (χ3v) is 3.62. The van der Waals surface area contributed by atoms with E-state index in [1.807, 2.05) is 18.2 Å². The average Bonchev–Trinajstić information content (AvgIpc) is 2.39. The van der Waals surface area contributed by atoms with Crippen molar-refractivity contribution in [2.24, 2.45) is 0 Å². The van der Waals surface area contributed by atoms with Crippen LogP contribution in [-0.2, 0) is 9.53 Å². The number of carbonyl (C=O) groups excluding carboxylic acids is 1. The van der Waals surface area contributed by atoms with E-state index in [4.69, 9.17) is 16.3 Å². The fraction of sp³-hybridized carbons (Fsp3) is 0.231. The molecule has 5 heteroatoms. The predicted molar refractivity (Wildman–Crippen MR) is 74.7 cm³/mol. The Balaban J connectivity index is 2.51. The van der Waals surface area contributed by atoms with E-state index in [-0.39, 0.29) is 0 Å². The van der Waals surface area contributed by atoms with E-state index in [0.29, 0.717) is 17.7 Å². The summed E-state index contributed by atoms with van der Waals surface area (Å²) in [4.78, 5) is 16.0. The molecule has 0 aliphatic rings. The second-order valence-electron chi connectivity index (χ2n) is 3.65. The molecule has 0 saturated carbocycles. The number of aromatic nitrogens is 1. The van der Waals surface area contributed by atoms with E-state index in [0.717, 1.165) is 9.86 Å². The molecule has 0 N–H and O–H groups in total. The molecule has 0 fully saturated rings. The van der Waals surface area contributed by atoms with Crippen molar-refractivity contribution >= 4 is 44.4 Å². The summed E-state index contributed by atoms with van der Waals surface area (Å²) in [6.45, 7) is 2.06. The lowest BCUT2D eigenvalue weighted by molar-refractivity contribution is -0.142. The molecule has 3 nitrogen and oxygen atoms in total. The van der Waals surface area contributed by atoms with Crippen molar-refractivity contribution in [3.8, 4) is 0 Å². The maximum absolute atomic E-state index is 11.7. The Morgan fingerprint density at radius 1 is 1.50 bits per heavy atom. The highest BCUT2D eigenvalue weighted by atomic mass is 79.9. The van der Waals surface area contributed by atoms with Crippen LogP contribution in [0.4, 0.5) is 0 Å². The fourth-order valence-electron chi connectivity index (χ4n) is 1.71. The first-order chi connectivity index (χ1) is 8.65. The zero-order valence-corrected chi connectivity index (χ0v) is 12.0. The van der Waals surface area contributed by atoms with Crippen LogP contribution in [0.25, 0.3) is 10.9 Å². The van der Waals surface area contributed by atoms with Crippen LogP contribution < -0.4 is 0 Å². The fourth-order valence-corrected chi connectivity index (χ4v) is 2.40. The zero-order valence-electron chi connectivity index (χ0n) is 9.69. The number of hydrogen-bond acceptors (Lipinski definition) is 3. The molecule has 1 aromatic carbocycles. The number of rotatable bonds is 3. The SMILES string of the molecule is CCOC(=O)C(Cl)c1ccc(Br)c2cccnc12. The van der Waals surface area contributed by atoms with Crippen LogP contribution in [0.5, 0.6) is 0 Å². The Hall–Kier alpha value is -1.13. The molecule has 0 bridgehead atoms. The van der Waals surface area contributed by atoms with Crippen LogP contribution in [0.3, 0.4) is 0 Å². The molecule has 0 aliphatic carbocycles. The van der Waals surface area contributed by atoms with Gasteiger partial charge in [-0.1, -0.05) is 28.1 Å². The van der Waals surface area contributed by atoms with Gasteiger partial charge < -0.3 is 4.74 Å². The third kappa shape index (κ3) is 2.49. The number of halogens is 2. The smallest absolute Gasteiger partial charge is 0.328 e. The van der Waals surface area contributed by atoms with E-state index in [9.17, 15) is 4.79 Å². The maximum atomic E-state index is 11.7. The molecule has 2 rings (SSSR count). The largest absolute Gasteiger partial charge is 0.465 e. The molecule has 0 amide bonds. The Bertz CT molecular complexity index is 588. The Labute approximate surface area is 118 Å². The van der Waals surface area contributed by atoms with Gasteiger partial charge in [0.25, 0.3) is 0 Å². The Morgan fingerprint density at radius 3 is 3.00 bits per heavy atom. The molecule has 1 heterocycles. The minimum Gasteiger partial charge on any atom is -0.465 e. The molecular formula is C13H11BrClNO2. The van der Waals surface area contributed by atoms with E-state index in [2.05, 4.69) is 20.9 Å². The summed E-state index contributed by atoms with van der Waals surface area (Å²) < 4.78 is 5.85. The van der Waals surface area contributed by atoms with Crippen molar-refractivity contribution in [1.29, 1.82) is 0 Å². The first kappa shape index (κ1) is 13.3. The molecule has 2 aromatic rings. The van der Waals surface area contributed by atoms with Gasteiger partial charge in [-0.3, -0.25) is 9.78 Å². The lowest BCUT2D eigenvalue weighted by Gasteiger charge is -2.11. The summed E-state index contributed by atoms with van der Waals surface area (Å²) >= 11 is 9.59. The normalized spacial score (nSPS) is 12.4. The monoisotopic (exact) mass is 327 g/mol. The van der Waals surface area contributed by atoms with Crippen LogP contribution in [0.1, 0.15) is 17.9 Å². The summed E-state index contributed by atoms with van der Waals surface area (Å²) in [6.07, 6.45) is 1.67. The van der Waals surface area contributed by atoms with Gasteiger partial charge in [0.05, 0.1) is 12.1 Å². The van der Waals surface area contributed by atoms with Crippen molar-refractivity contribution in [3.05, 3.63) is 40.5 Å². The van der Waals surface area contributed by atoms with Gasteiger partial charge in [-0.2, -0.15) is 0 Å². The van der Waals surface area contributed by atoms with E-state index in [1.54, 1.807) is 19.2 Å². The second-order valence-corrected chi connectivity index (χ2v) is 4.94. The highest BCUT2D eigenvalue weighted by Gasteiger charge is 2.22. The molecule has 0 saturated heterocycles. The average molecular weight is 329 g/mol. The highest BCUT2D eigenvalue weighted by molar-refractivity contribution is 9.10. The molecule has 0 radical (unpaired) electrons. The summed E-state index contributed by atoms with van der Waals surface area (Å²) in [5, 5.41) is 0.0837. The van der Waals surface area contributed by atoms with Gasteiger partial charge in [0.1, 0.15) is 0 Å². The maximum Gasteiger partial charge on any atom is 0.328 e. The molecule has 1 unspecified atom stereocenters. The van der Waals surface area contributed by atoms with Gasteiger partial charge in [-0.25, -0.2) is 0 Å². The van der Waals surface area contributed by atoms with E-state index < -0.39 is 11.3 Å². The number of ether oxygens (including phenoxy) is 1. The van der Waals surface area contributed by atoms with E-state index in [1.165, 1.54) is 0 Å². The van der Waals surface area contributed by atoms with Gasteiger partial charge >= 0.3 is 5.97 Å². The third-order valence-electron chi connectivity index (χ3n) is 2.51. The number of carbonyl (C=O) groups is 1. The Morgan fingerprint density at radius 2 is 2.28 bits per heavy atom. The van der Waals surface area contributed by atoms with Gasteiger partial charge in [-0.15, -0.1) is 11.6 Å². The number of benzene rings is 1. The van der Waals surface area contributed by atoms with Crippen molar-refractivity contribution in [2.75, 3.05) is 6.61 Å². The van der Waals surface area contributed by atoms with Gasteiger partial charge in [0, 0.05) is 21.6 Å². The molecule has 1 aromatic heterocycles. The summed E-state index contributed by atoms with van der Waals surface area (Å²) in [6, 6.07) is 7.40. The molecule has 0 aliphatic heterocycles. The van der Waals surface area contributed by atoms with Crippen LogP contribution in [0, 0.1) is 0 Å². The number of pyridine rings is 1. The second kappa shape index (κ2) is 5.67. The van der Waals surface area contributed by atoms with Crippen molar-refractivity contribution < 1.29 is 9.53 Å². The zero-order chi connectivity index (χ0) is 13.1. The molecule has 18 heavy (non-hydrogen) atoms. The first-order valence-corrected chi connectivity index (χ1v) is 6.72. The quantitative estimate of drug-likeness (QED) is 0.635. The summed E-state index contributed by atoms with van der Waals surface area (Å²) in [5.74, 6) is -0.451. The summed E-state index contributed by atoms with van der Waals surface area (Å²) in [5.41, 5.74) is 1.37. The summed E-state index contributed by atoms with van der Waals surface area (Å²) in [7, 11) is 0. The van der Waals surface area contributed by atoms with Gasteiger partial charge in [0.2, 0.25) is 0 Å². The first-order valence-electron chi connectivity index (χ1n) is 5.49. The van der Waals surface area contributed by atoms with Crippen molar-refractivity contribution in [1.82, 2.24) is 4.98 Å². The standard InChI is InChI=1S/C13H11BrClNO2/c1-2-18-13(17)11(15)9-5-6-10(14)8-4-3-7-16-12(8)9/h3-7,11H,2H2,1H3. The van der Waals surface area contributed by atoms with Crippen LogP contribution in [-0.4, -0.2) is 17.6 Å². The van der Waals surface area contributed by atoms with Gasteiger partial charge in [-0.05, 0) is 19.1 Å². The minimum absolute atomic E-state index is 0.309. The lowest BCUT2D eigenvalue weighted by atomic mass is 10.1. The lowest BCUT2D eigenvalue weighted by Crippen LogP contribution is -2.11.